The van der Waals surface area contributed by atoms with Gasteiger partial charge >= 0.3 is 0 Å². The molecule has 170 valence electrons. The summed E-state index contributed by atoms with van der Waals surface area (Å²) >= 11 is 3.53. The summed E-state index contributed by atoms with van der Waals surface area (Å²) in [7, 11) is 3.52. The van der Waals surface area contributed by atoms with Crippen LogP contribution in [0.25, 0.3) is 11.0 Å². The van der Waals surface area contributed by atoms with Crippen LogP contribution < -0.4 is 20.1 Å². The third-order valence-corrected chi connectivity index (χ3v) is 6.00. The Balaban J connectivity index is 1.66. The fraction of sp³-hybridized carbons (Fsp3) is 0.208. The van der Waals surface area contributed by atoms with Gasteiger partial charge < -0.3 is 24.7 Å². The number of imidazole rings is 1. The van der Waals surface area contributed by atoms with Gasteiger partial charge in [-0.2, -0.15) is 0 Å². The van der Waals surface area contributed by atoms with E-state index in [1.165, 1.54) is 6.20 Å². The van der Waals surface area contributed by atoms with E-state index < -0.39 is 0 Å². The van der Waals surface area contributed by atoms with Gasteiger partial charge in [-0.25, -0.2) is 4.98 Å². The lowest BCUT2D eigenvalue weighted by molar-refractivity contribution is 0.0950. The summed E-state index contributed by atoms with van der Waals surface area (Å²) in [5.74, 6) is 1.95. The van der Waals surface area contributed by atoms with Crippen LogP contribution in [0, 0.1) is 6.92 Å². The number of ether oxygens (including phenoxy) is 2. The fourth-order valence-corrected chi connectivity index (χ4v) is 3.63. The summed E-state index contributed by atoms with van der Waals surface area (Å²) in [6.07, 6.45) is 1.54. The number of aryl methyl sites for hydroxylation is 2. The number of pyridine rings is 1. The van der Waals surface area contributed by atoms with Gasteiger partial charge in [-0.1, -0.05) is 15.9 Å². The van der Waals surface area contributed by atoms with Crippen molar-refractivity contribution in [2.24, 2.45) is 7.05 Å². The number of carbonyl (C=O) groups is 1. The van der Waals surface area contributed by atoms with Gasteiger partial charge in [-0.3, -0.25) is 9.78 Å². The number of aromatic nitrogens is 3. The lowest BCUT2D eigenvalue weighted by Gasteiger charge is -2.11. The average Bonchev–Trinajstić information content (AvgIpc) is 3.10. The number of halogens is 1. The first kappa shape index (κ1) is 22.6. The molecule has 0 radical (unpaired) electrons. The molecule has 0 spiro atoms. The second-order valence-corrected chi connectivity index (χ2v) is 8.27. The van der Waals surface area contributed by atoms with Crippen LogP contribution in [-0.4, -0.2) is 34.1 Å². The van der Waals surface area contributed by atoms with Crippen LogP contribution in [0.2, 0.25) is 0 Å². The van der Waals surface area contributed by atoms with E-state index in [-0.39, 0.29) is 11.6 Å². The summed E-state index contributed by atoms with van der Waals surface area (Å²) in [6, 6.07) is 13.0. The highest BCUT2D eigenvalue weighted by molar-refractivity contribution is 9.10. The Morgan fingerprint density at radius 1 is 1.15 bits per heavy atom. The molecular weight excluding hydrogens is 486 g/mol. The van der Waals surface area contributed by atoms with Crippen LogP contribution >= 0.6 is 15.9 Å². The minimum absolute atomic E-state index is 0.256. The zero-order chi connectivity index (χ0) is 23.5. The van der Waals surface area contributed by atoms with Gasteiger partial charge in [0.15, 0.2) is 11.5 Å². The Morgan fingerprint density at radius 3 is 2.70 bits per heavy atom. The second kappa shape index (κ2) is 9.50. The molecule has 0 unspecified atom stereocenters. The molecule has 8 nitrogen and oxygen atoms in total. The highest BCUT2D eigenvalue weighted by Crippen LogP contribution is 2.36. The van der Waals surface area contributed by atoms with Crippen molar-refractivity contribution in [2.75, 3.05) is 19.0 Å². The highest BCUT2D eigenvalue weighted by atomic mass is 79.9. The monoisotopic (exact) mass is 509 g/mol. The van der Waals surface area contributed by atoms with E-state index in [0.29, 0.717) is 29.7 Å². The maximum absolute atomic E-state index is 12.1. The molecule has 2 N–H and O–H groups in total. The average molecular weight is 510 g/mol. The van der Waals surface area contributed by atoms with Crippen molar-refractivity contribution in [1.29, 1.82) is 0 Å². The van der Waals surface area contributed by atoms with Crippen LogP contribution in [-0.2, 0) is 7.05 Å². The Bertz CT molecular complexity index is 1340. The summed E-state index contributed by atoms with van der Waals surface area (Å²) < 4.78 is 14.6. The van der Waals surface area contributed by atoms with Crippen molar-refractivity contribution in [3.63, 3.8) is 0 Å². The summed E-state index contributed by atoms with van der Waals surface area (Å²) in [6.45, 7) is 4.41. The minimum atomic E-state index is -0.256. The number of benzene rings is 2. The molecule has 4 aromatic rings. The van der Waals surface area contributed by atoms with Crippen molar-refractivity contribution in [3.8, 4) is 17.2 Å². The third kappa shape index (κ3) is 4.78. The third-order valence-electron chi connectivity index (χ3n) is 5.11. The molecule has 0 fully saturated rings. The van der Waals surface area contributed by atoms with E-state index in [1.807, 2.05) is 55.8 Å². The highest BCUT2D eigenvalue weighted by Gasteiger charge is 2.16. The zero-order valence-corrected chi connectivity index (χ0v) is 20.4. The summed E-state index contributed by atoms with van der Waals surface area (Å²) in [5.41, 5.74) is 3.96. The molecule has 0 saturated carbocycles. The van der Waals surface area contributed by atoms with Crippen molar-refractivity contribution in [2.45, 2.75) is 13.8 Å². The van der Waals surface area contributed by atoms with Crippen LogP contribution in [0.1, 0.15) is 23.0 Å². The van der Waals surface area contributed by atoms with E-state index in [2.05, 4.69) is 31.5 Å². The van der Waals surface area contributed by atoms with Gasteiger partial charge in [0, 0.05) is 48.1 Å². The molecule has 9 heteroatoms. The zero-order valence-electron chi connectivity index (χ0n) is 18.8. The Morgan fingerprint density at radius 2 is 1.97 bits per heavy atom. The lowest BCUT2D eigenvalue weighted by Crippen LogP contribution is -2.23. The quantitative estimate of drug-likeness (QED) is 0.349. The molecule has 0 bridgehead atoms. The number of hydrogen-bond acceptors (Lipinski definition) is 6. The number of amides is 1. The van der Waals surface area contributed by atoms with E-state index in [0.717, 1.165) is 26.8 Å². The van der Waals surface area contributed by atoms with Gasteiger partial charge in [0.1, 0.15) is 11.4 Å². The van der Waals surface area contributed by atoms with Gasteiger partial charge in [0.05, 0.1) is 18.1 Å². The van der Waals surface area contributed by atoms with E-state index >= 15 is 0 Å². The Hall–Kier alpha value is -3.59. The molecular formula is C24H24BrN5O3. The smallest absolute Gasteiger partial charge is 0.270 e. The number of nitrogens with one attached hydrogen (secondary N) is 2. The largest absolute Gasteiger partial charge is 0.493 e. The van der Waals surface area contributed by atoms with E-state index in [1.54, 1.807) is 19.2 Å². The topological polar surface area (TPSA) is 90.3 Å². The number of nitrogens with zero attached hydrogens (tertiary/aromatic N) is 3. The number of rotatable bonds is 7. The molecule has 0 aliphatic heterocycles. The molecule has 2 heterocycles. The summed E-state index contributed by atoms with van der Waals surface area (Å²) in [5, 5.41) is 6.10. The van der Waals surface area contributed by atoms with Gasteiger partial charge in [0.2, 0.25) is 5.95 Å². The van der Waals surface area contributed by atoms with Crippen molar-refractivity contribution in [1.82, 2.24) is 19.9 Å². The fourth-order valence-electron chi connectivity index (χ4n) is 3.38. The normalized spacial score (nSPS) is 10.8. The van der Waals surface area contributed by atoms with Crippen LogP contribution in [0.15, 0.2) is 53.1 Å². The summed E-state index contributed by atoms with van der Waals surface area (Å²) in [4.78, 5) is 20.9. The second-order valence-electron chi connectivity index (χ2n) is 7.41. The molecule has 1 amide bonds. The molecule has 33 heavy (non-hydrogen) atoms. The van der Waals surface area contributed by atoms with Crippen molar-refractivity contribution >= 4 is 44.5 Å². The predicted octanol–water partition coefficient (Wildman–Crippen LogP) is 5.33. The minimum Gasteiger partial charge on any atom is -0.493 e. The number of hydrogen-bond donors (Lipinski definition) is 2. The van der Waals surface area contributed by atoms with Crippen molar-refractivity contribution in [3.05, 3.63) is 64.4 Å². The van der Waals surface area contributed by atoms with Gasteiger partial charge in [0.25, 0.3) is 5.91 Å². The molecule has 0 aliphatic rings. The first-order valence-electron chi connectivity index (χ1n) is 10.4. The van der Waals surface area contributed by atoms with Crippen LogP contribution in [0.5, 0.6) is 17.2 Å². The molecule has 4 rings (SSSR count). The molecule has 0 aliphatic carbocycles. The molecule has 0 saturated heterocycles. The van der Waals surface area contributed by atoms with Gasteiger partial charge in [-0.05, 0) is 43.7 Å². The van der Waals surface area contributed by atoms with E-state index in [4.69, 9.17) is 14.5 Å². The Labute approximate surface area is 200 Å². The Kier molecular flexibility index (Phi) is 6.50. The molecule has 2 aromatic heterocycles. The van der Waals surface area contributed by atoms with Crippen LogP contribution in [0.3, 0.4) is 0 Å². The number of fused-ring (bicyclic) bond motifs is 1. The molecule has 0 atom stereocenters. The maximum atomic E-state index is 12.1. The van der Waals surface area contributed by atoms with Crippen LogP contribution in [0.4, 0.5) is 11.6 Å². The molecule has 2 aromatic carbocycles. The number of anilines is 2. The lowest BCUT2D eigenvalue weighted by atomic mass is 10.2. The van der Waals surface area contributed by atoms with E-state index in [9.17, 15) is 4.79 Å². The maximum Gasteiger partial charge on any atom is 0.270 e. The SMILES string of the molecule is CCNC(=O)c1cc(Oc2cc3nc(Nc4ccc(Br)c(C)c4)n(C)c3cc2OC)ccn1. The number of carbonyl (C=O) groups excluding carboxylic acids is 1. The predicted molar refractivity (Wildman–Crippen MR) is 132 cm³/mol. The van der Waals surface area contributed by atoms with Crippen molar-refractivity contribution < 1.29 is 14.3 Å². The number of methoxy groups -OCH3 is 1. The van der Waals surface area contributed by atoms with Gasteiger partial charge in [-0.15, -0.1) is 0 Å². The standard InChI is InChI=1S/C24H24BrN5O3/c1-5-26-23(31)19-11-16(8-9-27-19)33-22-12-18-20(13-21(22)32-4)30(3)24(29-18)28-15-6-7-17(25)14(2)10-15/h6-13H,5H2,1-4H3,(H,26,31)(H,28,29). The first-order valence-corrected chi connectivity index (χ1v) is 11.2. The first-order chi connectivity index (χ1) is 15.9.